The fourth-order valence-corrected chi connectivity index (χ4v) is 4.39. The van der Waals surface area contributed by atoms with Crippen molar-refractivity contribution in [2.45, 2.75) is 11.4 Å². The number of methoxy groups -OCH3 is 1. The third kappa shape index (κ3) is 3.75. The van der Waals surface area contributed by atoms with Gasteiger partial charge < -0.3 is 14.2 Å². The number of nitrogens with zero attached hydrogens (tertiary/aromatic N) is 1. The number of hydrogen-bond acceptors (Lipinski definition) is 5. The Morgan fingerprint density at radius 2 is 1.84 bits per heavy atom. The largest absolute Gasteiger partial charge is 0.496 e. The zero-order chi connectivity index (χ0) is 18.0. The number of rotatable bonds is 5. The van der Waals surface area contributed by atoms with Crippen molar-refractivity contribution in [2.75, 3.05) is 27.4 Å². The highest BCUT2D eigenvalue weighted by molar-refractivity contribution is 9.10. The van der Waals surface area contributed by atoms with Gasteiger partial charge in [0, 0.05) is 13.6 Å². The molecule has 0 saturated heterocycles. The maximum Gasteiger partial charge on any atom is 0.243 e. The summed E-state index contributed by atoms with van der Waals surface area (Å²) in [4.78, 5) is 0.195. The van der Waals surface area contributed by atoms with Crippen molar-refractivity contribution in [3.63, 3.8) is 0 Å². The second kappa shape index (κ2) is 7.23. The van der Waals surface area contributed by atoms with Crippen LogP contribution in [0.5, 0.6) is 17.2 Å². The molecule has 0 radical (unpaired) electrons. The van der Waals surface area contributed by atoms with Gasteiger partial charge in [-0.1, -0.05) is 6.07 Å². The summed E-state index contributed by atoms with van der Waals surface area (Å²) in [6.45, 7) is 1.24. The lowest BCUT2D eigenvalue weighted by molar-refractivity contribution is 0.171. The Hall–Kier alpha value is -1.77. The number of hydrogen-bond donors (Lipinski definition) is 0. The number of halogens is 1. The highest BCUT2D eigenvalue weighted by Gasteiger charge is 2.23. The van der Waals surface area contributed by atoms with Gasteiger partial charge in [-0.2, -0.15) is 4.31 Å². The minimum Gasteiger partial charge on any atom is -0.496 e. The Bertz CT molecular complexity index is 885. The van der Waals surface area contributed by atoms with Gasteiger partial charge in [0.25, 0.3) is 0 Å². The van der Waals surface area contributed by atoms with E-state index in [4.69, 9.17) is 14.2 Å². The van der Waals surface area contributed by atoms with Crippen LogP contribution in [0.3, 0.4) is 0 Å². The van der Waals surface area contributed by atoms with Gasteiger partial charge >= 0.3 is 0 Å². The van der Waals surface area contributed by atoms with Gasteiger partial charge in [0.15, 0.2) is 11.5 Å². The van der Waals surface area contributed by atoms with E-state index in [0.717, 1.165) is 5.56 Å². The van der Waals surface area contributed by atoms with Crippen molar-refractivity contribution < 1.29 is 22.6 Å². The number of fused-ring (bicyclic) bond motifs is 1. The van der Waals surface area contributed by atoms with Crippen molar-refractivity contribution in [3.8, 4) is 17.2 Å². The first-order valence-corrected chi connectivity index (χ1v) is 9.83. The molecule has 0 amide bonds. The molecule has 0 aliphatic carbocycles. The predicted octanol–water partition coefficient (Wildman–Crippen LogP) is 3.05. The quantitative estimate of drug-likeness (QED) is 0.733. The fraction of sp³-hybridized carbons (Fsp3) is 0.294. The molecule has 25 heavy (non-hydrogen) atoms. The molecular weight excluding hydrogens is 410 g/mol. The summed E-state index contributed by atoms with van der Waals surface area (Å²) in [5.74, 6) is 1.90. The summed E-state index contributed by atoms with van der Waals surface area (Å²) in [7, 11) is -0.554. The monoisotopic (exact) mass is 427 g/mol. The molecule has 6 nitrogen and oxygen atoms in total. The van der Waals surface area contributed by atoms with Gasteiger partial charge in [-0.15, -0.1) is 0 Å². The Kier molecular flexibility index (Phi) is 5.21. The Morgan fingerprint density at radius 3 is 2.52 bits per heavy atom. The van der Waals surface area contributed by atoms with Gasteiger partial charge in [0.2, 0.25) is 10.0 Å². The first-order chi connectivity index (χ1) is 11.9. The van der Waals surface area contributed by atoms with Crippen LogP contribution in [-0.4, -0.2) is 40.1 Å². The fourth-order valence-electron chi connectivity index (χ4n) is 2.52. The van der Waals surface area contributed by atoms with Crippen LogP contribution in [0.15, 0.2) is 45.8 Å². The molecule has 2 aromatic carbocycles. The van der Waals surface area contributed by atoms with Crippen LogP contribution in [0.1, 0.15) is 5.56 Å². The predicted molar refractivity (Wildman–Crippen MR) is 96.8 cm³/mol. The molecule has 0 spiro atoms. The van der Waals surface area contributed by atoms with Crippen LogP contribution < -0.4 is 14.2 Å². The third-order valence-electron chi connectivity index (χ3n) is 3.84. The Morgan fingerprint density at radius 1 is 1.12 bits per heavy atom. The van der Waals surface area contributed by atoms with Crippen molar-refractivity contribution in [1.82, 2.24) is 4.31 Å². The summed E-state index contributed by atoms with van der Waals surface area (Å²) in [6.07, 6.45) is 0. The smallest absolute Gasteiger partial charge is 0.243 e. The second-order valence-corrected chi connectivity index (χ2v) is 8.43. The normalized spacial score (nSPS) is 13.8. The van der Waals surface area contributed by atoms with Crippen molar-refractivity contribution in [2.24, 2.45) is 0 Å². The average molecular weight is 428 g/mol. The average Bonchev–Trinajstić information content (AvgIpc) is 2.61. The van der Waals surface area contributed by atoms with Crippen LogP contribution in [0.2, 0.25) is 0 Å². The summed E-state index contributed by atoms with van der Waals surface area (Å²) in [5, 5.41) is 0. The molecule has 1 aliphatic heterocycles. The molecule has 3 rings (SSSR count). The lowest BCUT2D eigenvalue weighted by atomic mass is 10.2. The Balaban J connectivity index is 1.82. The molecule has 1 aliphatic rings. The van der Waals surface area contributed by atoms with Gasteiger partial charge in [0.05, 0.1) is 16.5 Å². The maximum atomic E-state index is 12.8. The van der Waals surface area contributed by atoms with Crippen LogP contribution >= 0.6 is 15.9 Å². The summed E-state index contributed by atoms with van der Waals surface area (Å²) in [6, 6.07) is 10.1. The van der Waals surface area contributed by atoms with Gasteiger partial charge in [-0.3, -0.25) is 0 Å². The van der Waals surface area contributed by atoms with E-state index in [9.17, 15) is 8.42 Å². The van der Waals surface area contributed by atoms with Crippen molar-refractivity contribution in [1.29, 1.82) is 0 Å². The van der Waals surface area contributed by atoms with Crippen LogP contribution in [0.25, 0.3) is 0 Å². The van der Waals surface area contributed by atoms with Crippen molar-refractivity contribution >= 4 is 26.0 Å². The minimum atomic E-state index is -3.63. The molecular formula is C17H18BrNO5S. The topological polar surface area (TPSA) is 65.1 Å². The zero-order valence-corrected chi connectivity index (χ0v) is 16.3. The minimum absolute atomic E-state index is 0.195. The molecule has 0 unspecified atom stereocenters. The van der Waals surface area contributed by atoms with E-state index >= 15 is 0 Å². The van der Waals surface area contributed by atoms with E-state index in [-0.39, 0.29) is 11.4 Å². The van der Waals surface area contributed by atoms with E-state index in [1.54, 1.807) is 19.2 Å². The van der Waals surface area contributed by atoms with Crippen LogP contribution in [0.4, 0.5) is 0 Å². The molecule has 8 heteroatoms. The molecule has 0 atom stereocenters. The number of benzene rings is 2. The molecule has 2 aromatic rings. The van der Waals surface area contributed by atoms with E-state index in [1.165, 1.54) is 23.5 Å². The van der Waals surface area contributed by atoms with Gasteiger partial charge in [-0.25, -0.2) is 8.42 Å². The first-order valence-electron chi connectivity index (χ1n) is 7.60. The molecule has 0 aromatic heterocycles. The highest BCUT2D eigenvalue weighted by atomic mass is 79.9. The van der Waals surface area contributed by atoms with E-state index < -0.39 is 10.0 Å². The van der Waals surface area contributed by atoms with E-state index in [2.05, 4.69) is 15.9 Å². The molecule has 0 bridgehead atoms. The number of sulfonamides is 1. The molecule has 1 heterocycles. The Labute approximate surface area is 155 Å². The second-order valence-electron chi connectivity index (χ2n) is 5.54. The first kappa shape index (κ1) is 18.0. The third-order valence-corrected chi connectivity index (χ3v) is 6.26. The summed E-state index contributed by atoms with van der Waals surface area (Å²) < 4.78 is 43.6. The van der Waals surface area contributed by atoms with Gasteiger partial charge in [0.1, 0.15) is 19.0 Å². The molecule has 0 fully saturated rings. The summed E-state index contributed by atoms with van der Waals surface area (Å²) >= 11 is 3.32. The summed E-state index contributed by atoms with van der Waals surface area (Å²) in [5.41, 5.74) is 0.822. The van der Waals surface area contributed by atoms with Crippen LogP contribution in [0, 0.1) is 0 Å². The maximum absolute atomic E-state index is 12.8. The van der Waals surface area contributed by atoms with E-state index in [0.29, 0.717) is 34.9 Å². The lowest BCUT2D eigenvalue weighted by Crippen LogP contribution is -2.26. The highest BCUT2D eigenvalue weighted by Crippen LogP contribution is 2.32. The molecule has 0 saturated carbocycles. The van der Waals surface area contributed by atoms with Crippen molar-refractivity contribution in [3.05, 3.63) is 46.4 Å². The number of ether oxygens (including phenoxy) is 3. The zero-order valence-electron chi connectivity index (χ0n) is 13.9. The van der Waals surface area contributed by atoms with E-state index in [1.807, 2.05) is 12.1 Å². The standard InChI is InChI=1S/C17H18BrNO5S/c1-19(11-12-3-5-16-17(9-12)24-8-7-23-16)25(20,21)13-4-6-15(22-2)14(18)10-13/h3-6,9-10H,7-8,11H2,1-2H3. The molecule has 0 N–H and O–H groups in total. The lowest BCUT2D eigenvalue weighted by Gasteiger charge is -2.21. The van der Waals surface area contributed by atoms with Gasteiger partial charge in [-0.05, 0) is 51.8 Å². The van der Waals surface area contributed by atoms with Crippen LogP contribution in [-0.2, 0) is 16.6 Å². The molecule has 134 valence electrons. The SMILES string of the molecule is COc1ccc(S(=O)(=O)N(C)Cc2ccc3c(c2)OCCO3)cc1Br.